The van der Waals surface area contributed by atoms with Gasteiger partial charge in [-0.05, 0) is 42.2 Å². The predicted molar refractivity (Wildman–Crippen MR) is 103 cm³/mol. The first kappa shape index (κ1) is 17.7. The molecule has 0 radical (unpaired) electrons. The molecule has 0 amide bonds. The van der Waals surface area contributed by atoms with Crippen molar-refractivity contribution in [3.63, 3.8) is 0 Å². The molecule has 3 rings (SSSR count). The average molecular weight is 359 g/mol. The van der Waals surface area contributed by atoms with E-state index in [1.807, 2.05) is 19.3 Å². The number of guanidine groups is 1. The third kappa shape index (κ3) is 5.74. The van der Waals surface area contributed by atoms with Crippen LogP contribution in [0.4, 0.5) is 0 Å². The summed E-state index contributed by atoms with van der Waals surface area (Å²) < 4.78 is 5.67. The monoisotopic (exact) mass is 358 g/mol. The lowest BCUT2D eigenvalue weighted by atomic mass is 10.3. The van der Waals surface area contributed by atoms with Crippen molar-refractivity contribution >= 4 is 17.3 Å². The Labute approximate surface area is 153 Å². The maximum absolute atomic E-state index is 5.67. The minimum absolute atomic E-state index is 0.700. The van der Waals surface area contributed by atoms with Crippen molar-refractivity contribution in [2.75, 3.05) is 27.2 Å². The summed E-state index contributed by atoms with van der Waals surface area (Å²) in [5.41, 5.74) is 1.12. The summed E-state index contributed by atoms with van der Waals surface area (Å²) in [5, 5.41) is 5.51. The number of thiophene rings is 1. The quantitative estimate of drug-likeness (QED) is 0.582. The highest BCUT2D eigenvalue weighted by molar-refractivity contribution is 7.09. The van der Waals surface area contributed by atoms with Gasteiger partial charge in [-0.25, -0.2) is 4.98 Å². The summed E-state index contributed by atoms with van der Waals surface area (Å²) in [7, 11) is 3.88. The van der Waals surface area contributed by atoms with Crippen LogP contribution in [0.3, 0.4) is 0 Å². The van der Waals surface area contributed by atoms with Crippen molar-refractivity contribution < 1.29 is 4.74 Å². The molecule has 0 aromatic carbocycles. The minimum atomic E-state index is 0.700. The number of pyridine rings is 1. The van der Waals surface area contributed by atoms with Crippen LogP contribution >= 0.6 is 11.3 Å². The van der Waals surface area contributed by atoms with Gasteiger partial charge in [-0.1, -0.05) is 12.1 Å². The Morgan fingerprint density at radius 2 is 2.28 bits per heavy atom. The van der Waals surface area contributed by atoms with Crippen molar-refractivity contribution in [3.8, 4) is 5.88 Å². The average Bonchev–Trinajstić information content (AvgIpc) is 3.32. The molecule has 0 bridgehead atoms. The van der Waals surface area contributed by atoms with Gasteiger partial charge in [-0.15, -0.1) is 11.3 Å². The number of hydrogen-bond donors (Lipinski definition) is 1. The summed E-state index contributed by atoms with van der Waals surface area (Å²) in [6.45, 7) is 2.44. The van der Waals surface area contributed by atoms with E-state index in [2.05, 4.69) is 50.8 Å². The van der Waals surface area contributed by atoms with Gasteiger partial charge >= 0.3 is 0 Å². The molecule has 134 valence electrons. The fourth-order valence-corrected chi connectivity index (χ4v) is 3.19. The van der Waals surface area contributed by atoms with Crippen molar-refractivity contribution in [2.24, 2.45) is 10.9 Å². The lowest BCUT2D eigenvalue weighted by Gasteiger charge is -2.21. The number of nitrogens with one attached hydrogen (secondary N) is 1. The molecule has 0 spiro atoms. The topological polar surface area (TPSA) is 49.8 Å². The van der Waals surface area contributed by atoms with E-state index in [1.165, 1.54) is 17.7 Å². The third-order valence-electron chi connectivity index (χ3n) is 4.26. The number of nitrogens with zero attached hydrogens (tertiary/aromatic N) is 3. The summed E-state index contributed by atoms with van der Waals surface area (Å²) in [6, 6.07) is 8.27. The second-order valence-electron chi connectivity index (χ2n) is 6.41. The molecular formula is C19H26N4OS. The normalized spacial score (nSPS) is 14.4. The van der Waals surface area contributed by atoms with E-state index in [1.54, 1.807) is 11.3 Å². The Bertz CT molecular complexity index is 665. The standard InChI is InChI=1S/C19H26N4OS/c1-20-19(23(2)10-9-17-4-3-11-25-17)22-13-16-7-8-18(21-12-16)24-14-15-5-6-15/h3-4,7-8,11-12,15H,5-6,9-10,13-14H2,1-2H3,(H,20,22). The third-order valence-corrected chi connectivity index (χ3v) is 5.20. The summed E-state index contributed by atoms with van der Waals surface area (Å²) in [6.07, 6.45) is 5.49. The van der Waals surface area contributed by atoms with Crippen LogP contribution in [0.15, 0.2) is 40.8 Å². The number of ether oxygens (including phenoxy) is 1. The van der Waals surface area contributed by atoms with Gasteiger partial charge in [0.25, 0.3) is 0 Å². The van der Waals surface area contributed by atoms with Gasteiger partial charge in [0.1, 0.15) is 0 Å². The molecule has 1 N–H and O–H groups in total. The molecule has 2 aromatic heterocycles. The van der Waals surface area contributed by atoms with Gasteiger partial charge in [-0.3, -0.25) is 4.99 Å². The molecule has 5 nitrogen and oxygen atoms in total. The molecule has 0 atom stereocenters. The molecule has 0 saturated heterocycles. The lowest BCUT2D eigenvalue weighted by Crippen LogP contribution is -2.39. The number of likely N-dealkylation sites (N-methyl/N-ethyl adjacent to an activating group) is 1. The highest BCUT2D eigenvalue weighted by atomic mass is 32.1. The smallest absolute Gasteiger partial charge is 0.213 e. The molecule has 2 aromatic rings. The first-order valence-electron chi connectivity index (χ1n) is 8.76. The maximum Gasteiger partial charge on any atom is 0.213 e. The molecule has 2 heterocycles. The SMILES string of the molecule is CN=C(NCc1ccc(OCC2CC2)nc1)N(C)CCc1cccs1. The van der Waals surface area contributed by atoms with E-state index in [-0.39, 0.29) is 0 Å². The zero-order valence-corrected chi connectivity index (χ0v) is 15.8. The second kappa shape index (κ2) is 8.85. The first-order valence-corrected chi connectivity index (χ1v) is 9.64. The van der Waals surface area contributed by atoms with E-state index in [0.717, 1.165) is 37.0 Å². The molecule has 1 aliphatic rings. The Hall–Kier alpha value is -2.08. The summed E-state index contributed by atoms with van der Waals surface area (Å²) >= 11 is 1.80. The fraction of sp³-hybridized carbons (Fsp3) is 0.474. The second-order valence-corrected chi connectivity index (χ2v) is 7.44. The van der Waals surface area contributed by atoms with E-state index >= 15 is 0 Å². The Morgan fingerprint density at radius 3 is 2.92 bits per heavy atom. The first-order chi connectivity index (χ1) is 12.2. The number of hydrogen-bond acceptors (Lipinski definition) is 4. The molecular weight excluding hydrogens is 332 g/mol. The van der Waals surface area contributed by atoms with Crippen LogP contribution in [0.2, 0.25) is 0 Å². The Morgan fingerprint density at radius 1 is 1.40 bits per heavy atom. The van der Waals surface area contributed by atoms with Crippen LogP contribution in [0.5, 0.6) is 5.88 Å². The van der Waals surface area contributed by atoms with Gasteiger partial charge in [0.05, 0.1) is 6.61 Å². The van der Waals surface area contributed by atoms with Gasteiger partial charge in [0.15, 0.2) is 5.96 Å². The van der Waals surface area contributed by atoms with Crippen molar-refractivity contribution in [1.82, 2.24) is 15.2 Å². The highest BCUT2D eigenvalue weighted by Gasteiger charge is 2.22. The summed E-state index contributed by atoms with van der Waals surface area (Å²) in [4.78, 5) is 12.3. The molecule has 1 aliphatic carbocycles. The molecule has 1 fully saturated rings. The van der Waals surface area contributed by atoms with Gasteiger partial charge in [0, 0.05) is 44.3 Å². The number of aliphatic imine (C=N–C) groups is 1. The van der Waals surface area contributed by atoms with Crippen LogP contribution in [0.1, 0.15) is 23.3 Å². The van der Waals surface area contributed by atoms with E-state index in [4.69, 9.17) is 4.74 Å². The fourth-order valence-electron chi connectivity index (χ4n) is 2.49. The van der Waals surface area contributed by atoms with Crippen LogP contribution < -0.4 is 10.1 Å². The van der Waals surface area contributed by atoms with Crippen LogP contribution in [-0.2, 0) is 13.0 Å². The number of rotatable bonds is 8. The van der Waals surface area contributed by atoms with Gasteiger partial charge < -0.3 is 15.0 Å². The zero-order valence-electron chi connectivity index (χ0n) is 14.9. The zero-order chi connectivity index (χ0) is 17.5. The van der Waals surface area contributed by atoms with E-state index in [9.17, 15) is 0 Å². The minimum Gasteiger partial charge on any atom is -0.477 e. The molecule has 6 heteroatoms. The number of aromatic nitrogens is 1. The van der Waals surface area contributed by atoms with Crippen molar-refractivity contribution in [1.29, 1.82) is 0 Å². The predicted octanol–water partition coefficient (Wildman–Crippen LogP) is 3.18. The summed E-state index contributed by atoms with van der Waals surface area (Å²) in [5.74, 6) is 2.36. The lowest BCUT2D eigenvalue weighted by molar-refractivity contribution is 0.288. The van der Waals surface area contributed by atoms with E-state index < -0.39 is 0 Å². The Kier molecular flexibility index (Phi) is 6.28. The van der Waals surface area contributed by atoms with Gasteiger partial charge in [-0.2, -0.15) is 0 Å². The largest absolute Gasteiger partial charge is 0.477 e. The highest BCUT2D eigenvalue weighted by Crippen LogP contribution is 2.29. The van der Waals surface area contributed by atoms with E-state index in [0.29, 0.717) is 12.4 Å². The molecule has 25 heavy (non-hydrogen) atoms. The van der Waals surface area contributed by atoms with Crippen molar-refractivity contribution in [3.05, 3.63) is 46.3 Å². The van der Waals surface area contributed by atoms with Crippen LogP contribution in [0, 0.1) is 5.92 Å². The van der Waals surface area contributed by atoms with Gasteiger partial charge in [0.2, 0.25) is 5.88 Å². The molecule has 0 aliphatic heterocycles. The molecule has 0 unspecified atom stereocenters. The maximum atomic E-state index is 5.67. The van der Waals surface area contributed by atoms with Crippen LogP contribution in [0.25, 0.3) is 0 Å². The Balaban J connectivity index is 1.43. The molecule has 1 saturated carbocycles. The van der Waals surface area contributed by atoms with Crippen molar-refractivity contribution in [2.45, 2.75) is 25.8 Å². The van der Waals surface area contributed by atoms with Crippen LogP contribution in [-0.4, -0.2) is 43.1 Å².